The number of aromatic nitrogens is 1. The molecule has 1 aromatic carbocycles. The second kappa shape index (κ2) is 11.9. The van der Waals surface area contributed by atoms with Crippen molar-refractivity contribution in [1.29, 1.82) is 5.41 Å². The van der Waals surface area contributed by atoms with Gasteiger partial charge < -0.3 is 20.2 Å². The number of ether oxygens (including phenoxy) is 1. The monoisotopic (exact) mass is 596 g/mol. The number of hydrogen-bond acceptors (Lipinski definition) is 9. The van der Waals surface area contributed by atoms with E-state index in [1.807, 2.05) is 6.08 Å². The fourth-order valence-electron chi connectivity index (χ4n) is 6.64. The molecule has 2 aromatic rings. The Morgan fingerprint density at radius 3 is 2.60 bits per heavy atom. The van der Waals surface area contributed by atoms with Gasteiger partial charge in [0.2, 0.25) is 10.0 Å². The Bertz CT molecular complexity index is 1460. The molecule has 10 nitrogen and oxygen atoms in total. The van der Waals surface area contributed by atoms with E-state index in [1.54, 1.807) is 28.6 Å². The molecule has 3 atom stereocenters. The number of sulfonamides is 1. The topological polar surface area (TPSA) is 122 Å². The minimum absolute atomic E-state index is 0.164. The molecule has 1 aromatic heterocycles. The molecule has 42 heavy (non-hydrogen) atoms. The quantitative estimate of drug-likeness (QED) is 0.472. The molecule has 12 heteroatoms. The number of halogens is 1. The SMILES string of the molecule is N=CC1C[C@]2(CN3CC[C@@H](O)C3)CN(S(=O)(=O)c3ccc(N4CCOCC4)nc3)CCC2=CC1=Nc1ccc(F)cc1. The maximum atomic E-state index is 13.9. The van der Waals surface area contributed by atoms with Gasteiger partial charge in [-0.2, -0.15) is 4.31 Å². The van der Waals surface area contributed by atoms with E-state index in [-0.39, 0.29) is 23.2 Å². The van der Waals surface area contributed by atoms with Crippen molar-refractivity contribution in [1.82, 2.24) is 14.2 Å². The van der Waals surface area contributed by atoms with Crippen LogP contribution in [0.2, 0.25) is 0 Å². The fraction of sp³-hybridized carbons (Fsp3) is 0.500. The highest BCUT2D eigenvalue weighted by molar-refractivity contribution is 7.89. The van der Waals surface area contributed by atoms with Crippen LogP contribution in [0, 0.1) is 22.6 Å². The Balaban J connectivity index is 1.30. The minimum Gasteiger partial charge on any atom is -0.392 e. The van der Waals surface area contributed by atoms with Gasteiger partial charge in [0.25, 0.3) is 0 Å². The molecule has 0 radical (unpaired) electrons. The summed E-state index contributed by atoms with van der Waals surface area (Å²) in [6.07, 6.45) is 6.19. The van der Waals surface area contributed by atoms with E-state index < -0.39 is 21.5 Å². The summed E-state index contributed by atoms with van der Waals surface area (Å²) >= 11 is 0. The normalized spacial score (nSPS) is 28.5. The minimum atomic E-state index is -3.82. The number of β-amino-alcohol motifs (C(OH)–C–C–N with tert-alkyl or cyclic N) is 1. The number of hydrogen-bond donors (Lipinski definition) is 2. The second-order valence-corrected chi connectivity index (χ2v) is 13.6. The molecule has 3 aliphatic heterocycles. The number of piperidine rings is 1. The summed E-state index contributed by atoms with van der Waals surface area (Å²) in [5.41, 5.74) is 1.90. The molecule has 4 aliphatic rings. The lowest BCUT2D eigenvalue weighted by Crippen LogP contribution is -2.54. The van der Waals surface area contributed by atoms with Gasteiger partial charge in [0.1, 0.15) is 16.5 Å². The summed E-state index contributed by atoms with van der Waals surface area (Å²) in [6, 6.07) is 9.36. The van der Waals surface area contributed by atoms with Crippen LogP contribution in [0.5, 0.6) is 0 Å². The van der Waals surface area contributed by atoms with Gasteiger partial charge >= 0.3 is 0 Å². The fourth-order valence-corrected chi connectivity index (χ4v) is 8.12. The van der Waals surface area contributed by atoms with E-state index in [9.17, 15) is 17.9 Å². The van der Waals surface area contributed by atoms with Crippen LogP contribution in [0.4, 0.5) is 15.9 Å². The van der Waals surface area contributed by atoms with Gasteiger partial charge in [-0.3, -0.25) is 9.89 Å². The van der Waals surface area contributed by atoms with Crippen molar-refractivity contribution in [3.63, 3.8) is 0 Å². The number of aliphatic imine (C=N–C) groups is 1. The second-order valence-electron chi connectivity index (χ2n) is 11.7. The highest BCUT2D eigenvalue weighted by Crippen LogP contribution is 2.46. The third-order valence-electron chi connectivity index (χ3n) is 8.86. The third-order valence-corrected chi connectivity index (χ3v) is 10.7. The maximum absolute atomic E-state index is 13.9. The van der Waals surface area contributed by atoms with Crippen LogP contribution in [0.3, 0.4) is 0 Å². The summed E-state index contributed by atoms with van der Waals surface area (Å²) in [5.74, 6) is 0.0681. The number of benzene rings is 1. The molecular formula is C30H37FN6O4S. The molecule has 1 unspecified atom stereocenters. The van der Waals surface area contributed by atoms with Crippen LogP contribution in [-0.4, -0.2) is 105 Å². The van der Waals surface area contributed by atoms with E-state index in [0.717, 1.165) is 23.6 Å². The number of fused-ring (bicyclic) bond motifs is 1. The molecule has 6 rings (SSSR count). The molecule has 2 N–H and O–H groups in total. The smallest absolute Gasteiger partial charge is 0.244 e. The van der Waals surface area contributed by atoms with Crippen molar-refractivity contribution in [3.05, 3.63) is 60.1 Å². The Morgan fingerprint density at radius 2 is 1.93 bits per heavy atom. The van der Waals surface area contributed by atoms with Crippen LogP contribution in [0.1, 0.15) is 19.3 Å². The van der Waals surface area contributed by atoms with Crippen molar-refractivity contribution >= 4 is 33.5 Å². The Labute approximate surface area is 246 Å². The Morgan fingerprint density at radius 1 is 1.14 bits per heavy atom. The summed E-state index contributed by atoms with van der Waals surface area (Å²) < 4.78 is 48.3. The summed E-state index contributed by atoms with van der Waals surface area (Å²) in [6.45, 7) is 5.13. The molecule has 0 saturated carbocycles. The number of pyridine rings is 1. The van der Waals surface area contributed by atoms with Gasteiger partial charge in [-0.25, -0.2) is 17.8 Å². The van der Waals surface area contributed by atoms with Crippen LogP contribution >= 0.6 is 0 Å². The van der Waals surface area contributed by atoms with Gasteiger partial charge in [0.05, 0.1) is 25.0 Å². The van der Waals surface area contributed by atoms with Crippen molar-refractivity contribution < 1.29 is 22.7 Å². The number of anilines is 1. The number of nitrogens with zero attached hydrogens (tertiary/aromatic N) is 5. The largest absolute Gasteiger partial charge is 0.392 e. The molecule has 0 bridgehead atoms. The van der Waals surface area contributed by atoms with Gasteiger partial charge in [-0.15, -0.1) is 0 Å². The predicted octanol–water partition coefficient (Wildman–Crippen LogP) is 2.87. The molecule has 4 heterocycles. The zero-order chi connectivity index (χ0) is 29.3. The van der Waals surface area contributed by atoms with Crippen LogP contribution in [0.15, 0.2) is 64.1 Å². The molecule has 0 spiro atoms. The number of aliphatic hydroxyl groups excluding tert-OH is 1. The first-order valence-corrected chi connectivity index (χ1v) is 15.9. The average Bonchev–Trinajstić information content (AvgIpc) is 3.42. The van der Waals surface area contributed by atoms with E-state index >= 15 is 0 Å². The number of likely N-dealkylation sites (tertiary alicyclic amines) is 1. The molecule has 1 aliphatic carbocycles. The lowest BCUT2D eigenvalue weighted by molar-refractivity contribution is 0.116. The first kappa shape index (κ1) is 29.1. The predicted molar refractivity (Wildman–Crippen MR) is 159 cm³/mol. The Kier molecular flexibility index (Phi) is 8.25. The standard InChI is InChI=1S/C30H37FN6O4S/c31-24-1-3-25(4-2-24)34-28-15-23-7-10-37(21-30(23,16-22(28)17-32)20-35-9-8-26(38)19-35)42(39,40)27-5-6-29(33-18-27)36-11-13-41-14-12-36/h1-6,15,17-18,22,26,32,38H,7-14,16,19-21H2/t22?,26-,30+/m1/s1. The van der Waals surface area contributed by atoms with E-state index in [1.165, 1.54) is 24.5 Å². The lowest BCUT2D eigenvalue weighted by atomic mass is 9.65. The summed E-state index contributed by atoms with van der Waals surface area (Å²) in [5, 5.41) is 18.5. The number of nitrogens with one attached hydrogen (secondary N) is 1. The van der Waals surface area contributed by atoms with E-state index in [2.05, 4.69) is 14.8 Å². The van der Waals surface area contributed by atoms with Crippen molar-refractivity contribution in [2.45, 2.75) is 30.3 Å². The van der Waals surface area contributed by atoms with Gasteiger partial charge in [0.15, 0.2) is 0 Å². The van der Waals surface area contributed by atoms with Crippen LogP contribution in [0.25, 0.3) is 0 Å². The van der Waals surface area contributed by atoms with Gasteiger partial charge in [-0.1, -0.05) is 5.57 Å². The zero-order valence-corrected chi connectivity index (χ0v) is 24.3. The first-order valence-electron chi connectivity index (χ1n) is 14.5. The van der Waals surface area contributed by atoms with Crippen molar-refractivity contribution in [2.24, 2.45) is 16.3 Å². The third kappa shape index (κ3) is 5.91. The first-order chi connectivity index (χ1) is 20.3. The van der Waals surface area contributed by atoms with Crippen LogP contribution < -0.4 is 4.90 Å². The van der Waals surface area contributed by atoms with Crippen LogP contribution in [-0.2, 0) is 14.8 Å². The molecular weight excluding hydrogens is 559 g/mol. The van der Waals surface area contributed by atoms with E-state index in [0.29, 0.717) is 70.9 Å². The lowest BCUT2D eigenvalue weighted by Gasteiger charge is -2.49. The number of morpholine rings is 1. The number of allylic oxidation sites excluding steroid dienone is 1. The number of rotatable bonds is 7. The van der Waals surface area contributed by atoms with Crippen molar-refractivity contribution in [3.8, 4) is 0 Å². The maximum Gasteiger partial charge on any atom is 0.244 e. The summed E-state index contributed by atoms with van der Waals surface area (Å²) in [7, 11) is -3.82. The molecule has 0 amide bonds. The van der Waals surface area contributed by atoms with Gasteiger partial charge in [-0.05, 0) is 61.7 Å². The highest BCUT2D eigenvalue weighted by atomic mass is 32.2. The molecule has 224 valence electrons. The molecule has 3 fully saturated rings. The average molecular weight is 597 g/mol. The number of aliphatic hydroxyl groups is 1. The van der Waals surface area contributed by atoms with Gasteiger partial charge in [0, 0.05) is 75.3 Å². The summed E-state index contributed by atoms with van der Waals surface area (Å²) in [4.78, 5) is 13.7. The highest BCUT2D eigenvalue weighted by Gasteiger charge is 2.48. The molecule has 3 saturated heterocycles. The zero-order valence-electron chi connectivity index (χ0n) is 23.5. The van der Waals surface area contributed by atoms with E-state index in [4.69, 9.17) is 15.1 Å². The Hall–Kier alpha value is -3.03. The van der Waals surface area contributed by atoms with Crippen molar-refractivity contribution in [2.75, 3.05) is 63.9 Å².